The molecule has 4 aromatic rings. The molecule has 2 N–H and O–H groups in total. The van der Waals surface area contributed by atoms with Gasteiger partial charge in [-0.1, -0.05) is 12.1 Å². The van der Waals surface area contributed by atoms with Crippen molar-refractivity contribution in [3.05, 3.63) is 83.6 Å². The normalized spacial score (nSPS) is 12.3. The first kappa shape index (κ1) is 27.0. The van der Waals surface area contributed by atoms with Crippen molar-refractivity contribution in [1.29, 1.82) is 0 Å². The number of amides is 2. The minimum atomic E-state index is -0.287. The van der Waals surface area contributed by atoms with E-state index in [-0.39, 0.29) is 11.8 Å². The van der Waals surface area contributed by atoms with E-state index in [0.29, 0.717) is 47.2 Å². The van der Waals surface area contributed by atoms with Crippen molar-refractivity contribution in [2.24, 2.45) is 0 Å². The van der Waals surface area contributed by atoms with E-state index >= 15 is 0 Å². The van der Waals surface area contributed by atoms with Gasteiger partial charge in [0.1, 0.15) is 13.2 Å². The highest BCUT2D eigenvalue weighted by Crippen LogP contribution is 2.31. The number of hydrogen-bond donors (Lipinski definition) is 2. The van der Waals surface area contributed by atoms with Crippen LogP contribution in [-0.4, -0.2) is 69.1 Å². The van der Waals surface area contributed by atoms with Gasteiger partial charge in [-0.3, -0.25) is 14.6 Å². The van der Waals surface area contributed by atoms with Gasteiger partial charge in [0.25, 0.3) is 11.8 Å². The summed E-state index contributed by atoms with van der Waals surface area (Å²) >= 11 is 0. The highest BCUT2D eigenvalue weighted by Gasteiger charge is 2.17. The number of likely N-dealkylation sites (N-methyl/N-ethyl adjacent to an activating group) is 2. The average Bonchev–Trinajstić information content (AvgIpc) is 2.96. The van der Waals surface area contributed by atoms with Crippen molar-refractivity contribution in [1.82, 2.24) is 9.88 Å². The summed E-state index contributed by atoms with van der Waals surface area (Å²) in [6, 6.07) is 18.1. The Kier molecular flexibility index (Phi) is 7.84. The second-order valence-electron chi connectivity index (χ2n) is 10.1. The monoisotopic (exact) mass is 539 g/mol. The van der Waals surface area contributed by atoms with E-state index in [1.165, 1.54) is 0 Å². The third kappa shape index (κ3) is 6.00. The Morgan fingerprint density at radius 1 is 0.850 bits per heavy atom. The fourth-order valence-corrected chi connectivity index (χ4v) is 4.48. The lowest BCUT2D eigenvalue weighted by atomic mass is 10.1. The van der Waals surface area contributed by atoms with E-state index in [1.54, 1.807) is 36.5 Å². The molecule has 0 bridgehead atoms. The van der Waals surface area contributed by atoms with Crippen molar-refractivity contribution in [3.63, 3.8) is 0 Å². The number of aromatic nitrogens is 1. The molecule has 1 aliphatic heterocycles. The average molecular weight is 540 g/mol. The number of nitrogens with zero attached hydrogens (tertiary/aromatic N) is 3. The van der Waals surface area contributed by atoms with E-state index < -0.39 is 0 Å². The van der Waals surface area contributed by atoms with E-state index in [9.17, 15) is 9.59 Å². The number of rotatable bonds is 8. The number of benzene rings is 3. The van der Waals surface area contributed by atoms with E-state index in [1.807, 2.05) is 58.4 Å². The number of fused-ring (bicyclic) bond motifs is 2. The molecule has 9 nitrogen and oxygen atoms in total. The third-order valence-electron chi connectivity index (χ3n) is 6.79. The summed E-state index contributed by atoms with van der Waals surface area (Å²) < 4.78 is 11.1. The van der Waals surface area contributed by atoms with E-state index in [4.69, 9.17) is 9.47 Å². The Labute approximate surface area is 233 Å². The fraction of sp³-hybridized carbons (Fsp3) is 0.258. The first-order chi connectivity index (χ1) is 19.3. The molecule has 40 heavy (non-hydrogen) atoms. The molecule has 9 heteroatoms. The van der Waals surface area contributed by atoms with Gasteiger partial charge < -0.3 is 29.9 Å². The first-order valence-electron chi connectivity index (χ1n) is 13.2. The molecule has 1 aromatic heterocycles. The second kappa shape index (κ2) is 11.6. The molecule has 2 amide bonds. The molecule has 3 aromatic carbocycles. The largest absolute Gasteiger partial charge is 0.486 e. The van der Waals surface area contributed by atoms with Crippen LogP contribution in [0.2, 0.25) is 0 Å². The number of pyridine rings is 1. The molecule has 206 valence electrons. The van der Waals surface area contributed by atoms with Crippen LogP contribution in [0.4, 0.5) is 17.1 Å². The Morgan fingerprint density at radius 3 is 2.42 bits per heavy atom. The van der Waals surface area contributed by atoms with Gasteiger partial charge >= 0.3 is 0 Å². The predicted molar refractivity (Wildman–Crippen MR) is 158 cm³/mol. The Morgan fingerprint density at radius 2 is 1.62 bits per heavy atom. The Balaban J connectivity index is 1.36. The van der Waals surface area contributed by atoms with E-state index in [2.05, 4.69) is 25.4 Å². The lowest BCUT2D eigenvalue weighted by molar-refractivity contribution is 0.101. The molecule has 0 spiro atoms. The molecule has 0 aliphatic carbocycles. The molecule has 2 heterocycles. The number of carbonyl (C=O) groups is 2. The molecule has 0 unspecified atom stereocenters. The smallest absolute Gasteiger partial charge is 0.255 e. The van der Waals surface area contributed by atoms with Crippen LogP contribution in [0.15, 0.2) is 66.9 Å². The van der Waals surface area contributed by atoms with Crippen molar-refractivity contribution in [2.45, 2.75) is 6.92 Å². The highest BCUT2D eigenvalue weighted by molar-refractivity contribution is 6.09. The molecule has 1 aliphatic rings. The Hall–Kier alpha value is -4.63. The zero-order chi connectivity index (χ0) is 28.2. The number of aryl methyl sites for hydroxylation is 1. The molecule has 0 saturated carbocycles. The summed E-state index contributed by atoms with van der Waals surface area (Å²) in [6.07, 6.45) is 1.76. The van der Waals surface area contributed by atoms with Gasteiger partial charge in [-0.25, -0.2) is 0 Å². The number of ether oxygens (including phenoxy) is 2. The van der Waals surface area contributed by atoms with Crippen LogP contribution < -0.4 is 25.0 Å². The zero-order valence-electron chi connectivity index (χ0n) is 23.2. The van der Waals surface area contributed by atoms with Crippen LogP contribution in [0.5, 0.6) is 11.5 Å². The number of carbonyl (C=O) groups excluding carboxylic acids is 2. The minimum absolute atomic E-state index is 0.244. The molecule has 0 fully saturated rings. The van der Waals surface area contributed by atoms with Crippen LogP contribution >= 0.6 is 0 Å². The van der Waals surface area contributed by atoms with Gasteiger partial charge in [0.15, 0.2) is 11.5 Å². The topological polar surface area (TPSA) is 96.0 Å². The van der Waals surface area contributed by atoms with Crippen molar-refractivity contribution in [2.75, 3.05) is 63.0 Å². The van der Waals surface area contributed by atoms with Crippen molar-refractivity contribution in [3.8, 4) is 11.5 Å². The van der Waals surface area contributed by atoms with Crippen LogP contribution in [0.1, 0.15) is 26.3 Å². The molecule has 0 radical (unpaired) electrons. The molecular formula is C31H33N5O4. The van der Waals surface area contributed by atoms with Gasteiger partial charge in [-0.05, 0) is 75.1 Å². The van der Waals surface area contributed by atoms with Gasteiger partial charge in [-0.2, -0.15) is 0 Å². The number of hydrogen-bond acceptors (Lipinski definition) is 7. The number of anilines is 3. The van der Waals surface area contributed by atoms with Crippen molar-refractivity contribution < 1.29 is 19.1 Å². The van der Waals surface area contributed by atoms with E-state index in [0.717, 1.165) is 35.2 Å². The Bertz CT molecular complexity index is 1570. The van der Waals surface area contributed by atoms with Crippen LogP contribution in [-0.2, 0) is 0 Å². The summed E-state index contributed by atoms with van der Waals surface area (Å²) in [4.78, 5) is 35.2. The zero-order valence-corrected chi connectivity index (χ0v) is 23.2. The molecule has 0 atom stereocenters. The van der Waals surface area contributed by atoms with Gasteiger partial charge in [0, 0.05) is 54.2 Å². The summed E-state index contributed by atoms with van der Waals surface area (Å²) in [6.45, 7) is 4.49. The maximum absolute atomic E-state index is 13.5. The molecular weight excluding hydrogens is 506 g/mol. The second-order valence-corrected chi connectivity index (χ2v) is 10.1. The summed E-state index contributed by atoms with van der Waals surface area (Å²) in [5.41, 5.74) is 4.76. The first-order valence-corrected chi connectivity index (χ1v) is 13.2. The van der Waals surface area contributed by atoms with Gasteiger partial charge in [0.05, 0.1) is 11.2 Å². The molecule has 5 rings (SSSR count). The molecule has 0 saturated heterocycles. The lowest BCUT2D eigenvalue weighted by Crippen LogP contribution is -2.29. The summed E-state index contributed by atoms with van der Waals surface area (Å²) in [5, 5.41) is 6.83. The van der Waals surface area contributed by atoms with Crippen LogP contribution in [0.3, 0.4) is 0 Å². The summed E-state index contributed by atoms with van der Waals surface area (Å²) in [7, 11) is 6.07. The van der Waals surface area contributed by atoms with Crippen molar-refractivity contribution >= 4 is 39.8 Å². The van der Waals surface area contributed by atoms with Gasteiger partial charge in [0.2, 0.25) is 0 Å². The SMILES string of the molecule is Cc1ccc(NC(=O)c2ccc3c(c2)OCCO3)cc1NC(=O)c1cc(N(C)CCN(C)C)c2ncccc2c1. The third-order valence-corrected chi connectivity index (χ3v) is 6.79. The predicted octanol–water partition coefficient (Wildman–Crippen LogP) is 4.82. The summed E-state index contributed by atoms with van der Waals surface area (Å²) in [5.74, 6) is 0.643. The van der Waals surface area contributed by atoms with Crippen LogP contribution in [0.25, 0.3) is 10.9 Å². The number of nitrogens with one attached hydrogen (secondary N) is 2. The van der Waals surface area contributed by atoms with Crippen LogP contribution in [0, 0.1) is 6.92 Å². The fourth-order valence-electron chi connectivity index (χ4n) is 4.48. The maximum Gasteiger partial charge on any atom is 0.255 e. The highest BCUT2D eigenvalue weighted by atomic mass is 16.6. The lowest BCUT2D eigenvalue weighted by Gasteiger charge is -2.23. The quantitative estimate of drug-likeness (QED) is 0.332. The minimum Gasteiger partial charge on any atom is -0.486 e. The maximum atomic E-state index is 13.5. The standard InChI is InChI=1S/C31H33N5O4/c1-20-7-9-24(33-30(37)22-8-10-27-28(18-22)40-15-14-39-27)19-25(20)34-31(38)23-16-21-6-5-11-32-29(21)26(17-23)36(4)13-12-35(2)3/h5-11,16-19H,12-15H2,1-4H3,(H,33,37)(H,34,38). The van der Waals surface area contributed by atoms with Gasteiger partial charge in [-0.15, -0.1) is 0 Å².